The van der Waals surface area contributed by atoms with Crippen molar-refractivity contribution in [2.45, 2.75) is 39.7 Å². The number of nitrogens with one attached hydrogen (secondary N) is 1. The molecule has 0 spiro atoms. The summed E-state index contributed by atoms with van der Waals surface area (Å²) in [4.78, 5) is 11.4. The molecule has 0 saturated carbocycles. The van der Waals surface area contributed by atoms with E-state index in [2.05, 4.69) is 47.9 Å². The molecule has 0 radical (unpaired) electrons. The lowest BCUT2D eigenvalue weighted by molar-refractivity contribution is 0.181. The van der Waals surface area contributed by atoms with Crippen LogP contribution in [-0.2, 0) is 4.74 Å². The molecule has 1 aromatic rings. The molecule has 108 valence electrons. The number of ether oxygens (including phenoxy) is 1. The molecule has 0 saturated heterocycles. The first-order chi connectivity index (χ1) is 9.03. The SMILES string of the molecule is CCN(c1cc(NC)nc(C(C)C)n1)C(C)COC. The third-order valence-corrected chi connectivity index (χ3v) is 3.08. The van der Waals surface area contributed by atoms with E-state index in [1.54, 1.807) is 7.11 Å². The zero-order chi connectivity index (χ0) is 14.4. The summed E-state index contributed by atoms with van der Waals surface area (Å²) in [7, 11) is 3.61. The van der Waals surface area contributed by atoms with E-state index in [0.29, 0.717) is 12.5 Å². The minimum absolute atomic E-state index is 0.287. The smallest absolute Gasteiger partial charge is 0.135 e. The number of anilines is 2. The van der Waals surface area contributed by atoms with Crippen molar-refractivity contribution >= 4 is 11.6 Å². The van der Waals surface area contributed by atoms with E-state index in [0.717, 1.165) is 24.0 Å². The van der Waals surface area contributed by atoms with Crippen LogP contribution in [0, 0.1) is 0 Å². The first-order valence-electron chi connectivity index (χ1n) is 6.85. The Labute approximate surface area is 116 Å². The molecule has 0 aromatic carbocycles. The number of nitrogens with zero attached hydrogens (tertiary/aromatic N) is 3. The number of aromatic nitrogens is 2. The summed E-state index contributed by atoms with van der Waals surface area (Å²) in [5.41, 5.74) is 0. The van der Waals surface area contributed by atoms with Gasteiger partial charge in [0, 0.05) is 32.7 Å². The Morgan fingerprint density at radius 1 is 1.32 bits per heavy atom. The second-order valence-electron chi connectivity index (χ2n) is 4.96. The van der Waals surface area contributed by atoms with Crippen molar-refractivity contribution in [3.63, 3.8) is 0 Å². The van der Waals surface area contributed by atoms with Gasteiger partial charge in [-0.2, -0.15) is 0 Å². The average molecular weight is 266 g/mol. The Kier molecular flexibility index (Phi) is 6.02. The van der Waals surface area contributed by atoms with Crippen molar-refractivity contribution in [3.05, 3.63) is 11.9 Å². The minimum atomic E-state index is 0.287. The Hall–Kier alpha value is -1.36. The highest BCUT2D eigenvalue weighted by Crippen LogP contribution is 2.21. The van der Waals surface area contributed by atoms with Crippen LogP contribution in [0.2, 0.25) is 0 Å². The molecular weight excluding hydrogens is 240 g/mol. The van der Waals surface area contributed by atoms with Crippen LogP contribution in [0.25, 0.3) is 0 Å². The van der Waals surface area contributed by atoms with Crippen LogP contribution in [-0.4, -0.2) is 43.3 Å². The summed E-state index contributed by atoms with van der Waals surface area (Å²) >= 11 is 0. The summed E-state index contributed by atoms with van der Waals surface area (Å²) < 4.78 is 5.24. The molecule has 5 nitrogen and oxygen atoms in total. The summed E-state index contributed by atoms with van der Waals surface area (Å²) in [6.45, 7) is 10.1. The second-order valence-corrected chi connectivity index (χ2v) is 4.96. The van der Waals surface area contributed by atoms with Gasteiger partial charge in [0.2, 0.25) is 0 Å². The van der Waals surface area contributed by atoms with E-state index in [9.17, 15) is 0 Å². The van der Waals surface area contributed by atoms with Crippen LogP contribution >= 0.6 is 0 Å². The molecule has 1 heterocycles. The Morgan fingerprint density at radius 2 is 2.00 bits per heavy atom. The fraction of sp³-hybridized carbons (Fsp3) is 0.714. The maximum Gasteiger partial charge on any atom is 0.135 e. The van der Waals surface area contributed by atoms with Gasteiger partial charge in [0.05, 0.1) is 12.6 Å². The highest BCUT2D eigenvalue weighted by atomic mass is 16.5. The van der Waals surface area contributed by atoms with Crippen LogP contribution in [0.3, 0.4) is 0 Å². The van der Waals surface area contributed by atoms with Gasteiger partial charge in [-0.05, 0) is 13.8 Å². The maximum absolute atomic E-state index is 5.24. The van der Waals surface area contributed by atoms with Crippen molar-refractivity contribution in [1.82, 2.24) is 9.97 Å². The second kappa shape index (κ2) is 7.28. The number of likely N-dealkylation sites (N-methyl/N-ethyl adjacent to an activating group) is 1. The molecule has 1 unspecified atom stereocenters. The highest BCUT2D eigenvalue weighted by molar-refractivity contribution is 5.50. The quantitative estimate of drug-likeness (QED) is 0.821. The molecule has 0 amide bonds. The van der Waals surface area contributed by atoms with Gasteiger partial charge in [-0.25, -0.2) is 9.97 Å². The number of rotatable bonds is 7. The standard InChI is InChI=1S/C14H26N4O/c1-7-18(11(4)9-19-6)13-8-12(15-5)16-14(17-13)10(2)3/h8,10-11H,7,9H2,1-6H3,(H,15,16,17). The predicted molar refractivity (Wildman–Crippen MR) is 80.0 cm³/mol. The molecule has 0 aliphatic carbocycles. The van der Waals surface area contributed by atoms with E-state index in [1.807, 2.05) is 13.1 Å². The number of hydrogen-bond acceptors (Lipinski definition) is 5. The molecule has 1 N–H and O–H groups in total. The lowest BCUT2D eigenvalue weighted by Crippen LogP contribution is -2.37. The topological polar surface area (TPSA) is 50.3 Å². The largest absolute Gasteiger partial charge is 0.383 e. The van der Waals surface area contributed by atoms with Crippen molar-refractivity contribution in [2.24, 2.45) is 0 Å². The van der Waals surface area contributed by atoms with Gasteiger partial charge < -0.3 is 15.0 Å². The van der Waals surface area contributed by atoms with Gasteiger partial charge in [0.15, 0.2) is 0 Å². The van der Waals surface area contributed by atoms with Crippen molar-refractivity contribution in [2.75, 3.05) is 37.5 Å². The molecule has 1 atom stereocenters. The van der Waals surface area contributed by atoms with E-state index < -0.39 is 0 Å². The molecule has 0 aliphatic rings. The zero-order valence-corrected chi connectivity index (χ0v) is 12.9. The molecule has 0 fully saturated rings. The van der Waals surface area contributed by atoms with Crippen LogP contribution in [0.15, 0.2) is 6.07 Å². The number of hydrogen-bond donors (Lipinski definition) is 1. The Bertz CT molecular complexity index is 395. The third-order valence-electron chi connectivity index (χ3n) is 3.08. The van der Waals surface area contributed by atoms with Crippen molar-refractivity contribution in [3.8, 4) is 0 Å². The summed E-state index contributed by atoms with van der Waals surface area (Å²) in [6, 6.07) is 2.27. The van der Waals surface area contributed by atoms with Crippen LogP contribution in [0.4, 0.5) is 11.6 Å². The first-order valence-corrected chi connectivity index (χ1v) is 6.85. The van der Waals surface area contributed by atoms with Crippen molar-refractivity contribution < 1.29 is 4.74 Å². The molecule has 5 heteroatoms. The summed E-state index contributed by atoms with van der Waals surface area (Å²) in [5, 5.41) is 3.10. The van der Waals surface area contributed by atoms with E-state index >= 15 is 0 Å². The molecular formula is C14H26N4O. The fourth-order valence-electron chi connectivity index (χ4n) is 2.02. The van der Waals surface area contributed by atoms with Crippen LogP contribution in [0.5, 0.6) is 0 Å². The molecule has 1 aromatic heterocycles. The summed E-state index contributed by atoms with van der Waals surface area (Å²) in [6.07, 6.45) is 0. The number of methoxy groups -OCH3 is 1. The first kappa shape index (κ1) is 15.7. The van der Waals surface area contributed by atoms with Crippen LogP contribution in [0.1, 0.15) is 39.4 Å². The fourth-order valence-corrected chi connectivity index (χ4v) is 2.02. The van der Waals surface area contributed by atoms with Gasteiger partial charge in [-0.3, -0.25) is 0 Å². The molecule has 0 aliphatic heterocycles. The molecule has 1 rings (SSSR count). The maximum atomic E-state index is 5.24. The Morgan fingerprint density at radius 3 is 2.47 bits per heavy atom. The monoisotopic (exact) mass is 266 g/mol. The summed E-state index contributed by atoms with van der Waals surface area (Å²) in [5.74, 6) is 2.99. The molecule has 19 heavy (non-hydrogen) atoms. The van der Waals surface area contributed by atoms with Gasteiger partial charge in [-0.15, -0.1) is 0 Å². The van der Waals surface area contributed by atoms with E-state index in [-0.39, 0.29) is 6.04 Å². The van der Waals surface area contributed by atoms with Gasteiger partial charge in [-0.1, -0.05) is 13.8 Å². The third kappa shape index (κ3) is 4.06. The zero-order valence-electron chi connectivity index (χ0n) is 12.9. The van der Waals surface area contributed by atoms with Crippen molar-refractivity contribution in [1.29, 1.82) is 0 Å². The minimum Gasteiger partial charge on any atom is -0.383 e. The molecule has 0 bridgehead atoms. The lowest BCUT2D eigenvalue weighted by atomic mass is 10.2. The normalized spacial score (nSPS) is 12.6. The van der Waals surface area contributed by atoms with Gasteiger partial charge >= 0.3 is 0 Å². The van der Waals surface area contributed by atoms with E-state index in [1.165, 1.54) is 0 Å². The highest BCUT2D eigenvalue weighted by Gasteiger charge is 2.16. The predicted octanol–water partition coefficient (Wildman–Crippen LogP) is 2.50. The van der Waals surface area contributed by atoms with E-state index in [4.69, 9.17) is 4.74 Å². The van der Waals surface area contributed by atoms with Gasteiger partial charge in [0.25, 0.3) is 0 Å². The van der Waals surface area contributed by atoms with Crippen LogP contribution < -0.4 is 10.2 Å². The lowest BCUT2D eigenvalue weighted by Gasteiger charge is -2.29. The Balaban J connectivity index is 3.11. The van der Waals surface area contributed by atoms with Gasteiger partial charge in [0.1, 0.15) is 17.5 Å². The average Bonchev–Trinajstić information content (AvgIpc) is 2.39.